The number of benzene rings is 2. The van der Waals surface area contributed by atoms with Crippen LogP contribution in [0.1, 0.15) is 5.56 Å². The Bertz CT molecular complexity index is 753. The first kappa shape index (κ1) is 13.4. The summed E-state index contributed by atoms with van der Waals surface area (Å²) >= 11 is 9.63. The van der Waals surface area contributed by atoms with Gasteiger partial charge < -0.3 is 5.32 Å². The van der Waals surface area contributed by atoms with E-state index in [-0.39, 0.29) is 0 Å². The maximum atomic E-state index is 6.18. The van der Waals surface area contributed by atoms with Crippen LogP contribution in [0.2, 0.25) is 5.02 Å². The van der Waals surface area contributed by atoms with Gasteiger partial charge in [0.15, 0.2) is 0 Å². The molecule has 0 atom stereocenters. The van der Waals surface area contributed by atoms with Crippen molar-refractivity contribution in [1.82, 2.24) is 4.98 Å². The molecule has 0 bridgehead atoms. The second-order valence-electron chi connectivity index (χ2n) is 4.50. The zero-order valence-electron chi connectivity index (χ0n) is 10.6. The zero-order chi connectivity index (χ0) is 13.9. The summed E-state index contributed by atoms with van der Waals surface area (Å²) in [5.41, 5.74) is 2.06. The highest BCUT2D eigenvalue weighted by atomic mass is 79.9. The van der Waals surface area contributed by atoms with Crippen LogP contribution < -0.4 is 5.32 Å². The Morgan fingerprint density at radius 2 is 1.95 bits per heavy atom. The topological polar surface area (TPSA) is 24.9 Å². The molecule has 20 heavy (non-hydrogen) atoms. The average Bonchev–Trinajstić information content (AvgIpc) is 2.48. The second kappa shape index (κ2) is 5.81. The van der Waals surface area contributed by atoms with Gasteiger partial charge in [-0.05, 0) is 29.1 Å². The summed E-state index contributed by atoms with van der Waals surface area (Å²) in [6.07, 6.45) is 3.77. The van der Waals surface area contributed by atoms with Crippen LogP contribution in [0.5, 0.6) is 0 Å². The Kier molecular flexibility index (Phi) is 3.90. The lowest BCUT2D eigenvalue weighted by Crippen LogP contribution is -2.01. The van der Waals surface area contributed by atoms with E-state index >= 15 is 0 Å². The molecule has 0 unspecified atom stereocenters. The van der Waals surface area contributed by atoms with E-state index in [9.17, 15) is 0 Å². The fourth-order valence-corrected chi connectivity index (χ4v) is 2.69. The molecule has 0 saturated heterocycles. The van der Waals surface area contributed by atoms with Crippen molar-refractivity contribution in [2.75, 3.05) is 5.32 Å². The normalized spacial score (nSPS) is 10.7. The number of hydrogen-bond donors (Lipinski definition) is 1. The number of halogens is 2. The lowest BCUT2D eigenvalue weighted by atomic mass is 10.1. The largest absolute Gasteiger partial charge is 0.380 e. The first-order chi connectivity index (χ1) is 9.74. The summed E-state index contributed by atoms with van der Waals surface area (Å²) in [6.45, 7) is 0.685. The number of hydrogen-bond acceptors (Lipinski definition) is 2. The molecule has 0 saturated carbocycles. The van der Waals surface area contributed by atoms with Crippen LogP contribution in [0.25, 0.3) is 10.8 Å². The van der Waals surface area contributed by atoms with E-state index in [2.05, 4.69) is 38.4 Å². The molecule has 0 radical (unpaired) electrons. The molecule has 2 aromatic carbocycles. The molecule has 1 aromatic heterocycles. The van der Waals surface area contributed by atoms with Gasteiger partial charge in [0, 0.05) is 28.8 Å². The first-order valence-electron chi connectivity index (χ1n) is 6.24. The van der Waals surface area contributed by atoms with E-state index in [1.165, 1.54) is 5.39 Å². The number of aromatic nitrogens is 1. The fourth-order valence-electron chi connectivity index (χ4n) is 2.14. The van der Waals surface area contributed by atoms with Crippen molar-refractivity contribution in [2.24, 2.45) is 0 Å². The molecule has 0 amide bonds. The molecule has 3 rings (SSSR count). The van der Waals surface area contributed by atoms with Gasteiger partial charge in [-0.15, -0.1) is 0 Å². The van der Waals surface area contributed by atoms with Gasteiger partial charge in [-0.2, -0.15) is 0 Å². The minimum absolute atomic E-state index is 0.685. The number of anilines is 1. The molecule has 0 aliphatic heterocycles. The van der Waals surface area contributed by atoms with Gasteiger partial charge in [0.05, 0.1) is 10.7 Å². The molecule has 0 spiro atoms. The minimum atomic E-state index is 0.685. The fraction of sp³-hybridized carbons (Fsp3) is 0.0625. The van der Waals surface area contributed by atoms with Gasteiger partial charge in [0.25, 0.3) is 0 Å². The van der Waals surface area contributed by atoms with E-state index in [4.69, 9.17) is 11.6 Å². The van der Waals surface area contributed by atoms with Crippen LogP contribution in [0.4, 0.5) is 5.69 Å². The Balaban J connectivity index is 1.89. The minimum Gasteiger partial charge on any atom is -0.380 e. The van der Waals surface area contributed by atoms with Crippen LogP contribution in [0.15, 0.2) is 59.3 Å². The molecule has 100 valence electrons. The van der Waals surface area contributed by atoms with Crippen molar-refractivity contribution in [3.8, 4) is 0 Å². The van der Waals surface area contributed by atoms with Crippen molar-refractivity contribution in [3.63, 3.8) is 0 Å². The predicted molar refractivity (Wildman–Crippen MR) is 88.2 cm³/mol. The van der Waals surface area contributed by atoms with Crippen LogP contribution in [-0.2, 0) is 6.54 Å². The third kappa shape index (κ3) is 2.79. The van der Waals surface area contributed by atoms with Crippen molar-refractivity contribution < 1.29 is 0 Å². The van der Waals surface area contributed by atoms with E-state index in [1.54, 1.807) is 0 Å². The predicted octanol–water partition coefficient (Wildman–Crippen LogP) is 5.26. The van der Waals surface area contributed by atoms with Crippen molar-refractivity contribution in [1.29, 1.82) is 0 Å². The van der Waals surface area contributed by atoms with E-state index in [0.29, 0.717) is 11.6 Å². The Morgan fingerprint density at radius 3 is 2.85 bits per heavy atom. The zero-order valence-corrected chi connectivity index (χ0v) is 12.9. The number of nitrogens with zero attached hydrogens (tertiary/aromatic N) is 1. The number of pyridine rings is 1. The van der Waals surface area contributed by atoms with Gasteiger partial charge in [0.1, 0.15) is 0 Å². The van der Waals surface area contributed by atoms with Gasteiger partial charge in [-0.3, -0.25) is 4.98 Å². The summed E-state index contributed by atoms with van der Waals surface area (Å²) in [7, 11) is 0. The summed E-state index contributed by atoms with van der Waals surface area (Å²) in [6, 6.07) is 14.0. The third-order valence-corrected chi connectivity index (χ3v) is 3.97. The Hall–Kier alpha value is -1.58. The van der Waals surface area contributed by atoms with Crippen LogP contribution in [0.3, 0.4) is 0 Å². The highest BCUT2D eigenvalue weighted by Gasteiger charge is 2.04. The summed E-state index contributed by atoms with van der Waals surface area (Å²) < 4.78 is 1.00. The van der Waals surface area contributed by atoms with E-state index in [1.807, 2.05) is 42.7 Å². The SMILES string of the molecule is Clc1ccc(Br)cc1NCc1cncc2ccccc12. The van der Waals surface area contributed by atoms with E-state index < -0.39 is 0 Å². The molecule has 1 N–H and O–H groups in total. The monoisotopic (exact) mass is 346 g/mol. The molecule has 4 heteroatoms. The molecule has 0 aliphatic rings. The Morgan fingerprint density at radius 1 is 1.10 bits per heavy atom. The van der Waals surface area contributed by atoms with Gasteiger partial charge in [0.2, 0.25) is 0 Å². The van der Waals surface area contributed by atoms with Gasteiger partial charge in [-0.25, -0.2) is 0 Å². The summed E-state index contributed by atoms with van der Waals surface area (Å²) in [4.78, 5) is 4.28. The smallest absolute Gasteiger partial charge is 0.0638 e. The second-order valence-corrected chi connectivity index (χ2v) is 5.82. The summed E-state index contributed by atoms with van der Waals surface area (Å²) in [5, 5.41) is 6.42. The Labute approximate surface area is 130 Å². The first-order valence-corrected chi connectivity index (χ1v) is 7.42. The van der Waals surface area contributed by atoms with Crippen molar-refractivity contribution >= 4 is 44.0 Å². The van der Waals surface area contributed by atoms with Crippen molar-refractivity contribution in [2.45, 2.75) is 6.54 Å². The molecule has 2 nitrogen and oxygen atoms in total. The average molecular weight is 348 g/mol. The molecular weight excluding hydrogens is 336 g/mol. The maximum Gasteiger partial charge on any atom is 0.0638 e. The van der Waals surface area contributed by atoms with Gasteiger partial charge in [-0.1, -0.05) is 51.8 Å². The van der Waals surface area contributed by atoms with Gasteiger partial charge >= 0.3 is 0 Å². The quantitative estimate of drug-likeness (QED) is 0.699. The highest BCUT2D eigenvalue weighted by Crippen LogP contribution is 2.27. The van der Waals surface area contributed by atoms with Crippen molar-refractivity contribution in [3.05, 3.63) is 69.9 Å². The molecular formula is C16H12BrClN2. The molecule has 1 heterocycles. The third-order valence-electron chi connectivity index (χ3n) is 3.15. The molecule has 3 aromatic rings. The van der Waals surface area contributed by atoms with Crippen LogP contribution >= 0.6 is 27.5 Å². The maximum absolute atomic E-state index is 6.18. The van der Waals surface area contributed by atoms with Crippen LogP contribution in [-0.4, -0.2) is 4.98 Å². The standard InChI is InChI=1S/C16H12BrClN2/c17-13-5-6-15(18)16(7-13)20-10-12-9-19-8-11-3-1-2-4-14(11)12/h1-9,20H,10H2. The number of nitrogens with one attached hydrogen (secondary N) is 1. The highest BCUT2D eigenvalue weighted by molar-refractivity contribution is 9.10. The van der Waals surface area contributed by atoms with Crippen LogP contribution in [0, 0.1) is 0 Å². The molecule has 0 aliphatic carbocycles. The molecule has 0 fully saturated rings. The van der Waals surface area contributed by atoms with E-state index in [0.717, 1.165) is 21.1 Å². The lowest BCUT2D eigenvalue weighted by Gasteiger charge is -2.10. The number of fused-ring (bicyclic) bond motifs is 1. The number of rotatable bonds is 3. The lowest BCUT2D eigenvalue weighted by molar-refractivity contribution is 1.14. The summed E-state index contributed by atoms with van der Waals surface area (Å²) in [5.74, 6) is 0.